The summed E-state index contributed by atoms with van der Waals surface area (Å²) in [6, 6.07) is 2.68. The maximum absolute atomic E-state index is 12.0. The van der Waals surface area contributed by atoms with Gasteiger partial charge in [0.1, 0.15) is 11.8 Å². The molecule has 2 amide bonds. The number of nitrogens with one attached hydrogen (secondary N) is 2. The van der Waals surface area contributed by atoms with Crippen LogP contribution in [0.4, 0.5) is 0 Å². The van der Waals surface area contributed by atoms with Gasteiger partial charge in [-0.25, -0.2) is 4.79 Å². The average molecular weight is 368 g/mol. The highest BCUT2D eigenvalue weighted by atomic mass is 32.2. The number of furan rings is 1. The third-order valence-electron chi connectivity index (χ3n) is 2.95. The number of carbonyl (C=O) groups excluding carboxylic acids is 3. The van der Waals surface area contributed by atoms with Crippen LogP contribution in [-0.2, 0) is 19.1 Å². The Morgan fingerprint density at radius 1 is 1.36 bits per heavy atom. The quantitative estimate of drug-likeness (QED) is 0.481. The van der Waals surface area contributed by atoms with Crippen LogP contribution >= 0.6 is 11.8 Å². The Morgan fingerprint density at radius 3 is 2.72 bits per heavy atom. The van der Waals surface area contributed by atoms with Gasteiger partial charge in [0, 0.05) is 6.08 Å². The molecule has 0 spiro atoms. The monoisotopic (exact) mass is 368 g/mol. The van der Waals surface area contributed by atoms with Gasteiger partial charge in [0.2, 0.25) is 11.8 Å². The van der Waals surface area contributed by atoms with Crippen LogP contribution in [0.3, 0.4) is 0 Å². The fourth-order valence-electron chi connectivity index (χ4n) is 1.81. The molecule has 0 bridgehead atoms. The van der Waals surface area contributed by atoms with Gasteiger partial charge in [-0.15, -0.1) is 0 Å². The van der Waals surface area contributed by atoms with Crippen molar-refractivity contribution < 1.29 is 23.5 Å². The minimum Gasteiger partial charge on any atom is -0.465 e. The van der Waals surface area contributed by atoms with Crippen LogP contribution in [0.1, 0.15) is 26.0 Å². The van der Waals surface area contributed by atoms with Crippen molar-refractivity contribution in [3.8, 4) is 0 Å². The van der Waals surface area contributed by atoms with Gasteiger partial charge in [0.15, 0.2) is 0 Å². The van der Waals surface area contributed by atoms with Crippen LogP contribution in [0.2, 0.25) is 0 Å². The Bertz CT molecular complexity index is 584. The second-order valence-corrected chi connectivity index (χ2v) is 6.44. The van der Waals surface area contributed by atoms with Crippen molar-refractivity contribution in [1.82, 2.24) is 10.6 Å². The van der Waals surface area contributed by atoms with Crippen LogP contribution in [0, 0.1) is 0 Å². The van der Waals surface area contributed by atoms with E-state index in [-0.39, 0.29) is 12.6 Å². The van der Waals surface area contributed by atoms with Gasteiger partial charge in [-0.3, -0.25) is 9.59 Å². The highest BCUT2D eigenvalue weighted by Crippen LogP contribution is 2.04. The van der Waals surface area contributed by atoms with E-state index in [1.165, 1.54) is 18.4 Å². The molecule has 0 aromatic carbocycles. The molecule has 25 heavy (non-hydrogen) atoms. The van der Waals surface area contributed by atoms with E-state index in [4.69, 9.17) is 9.15 Å². The average Bonchev–Trinajstić information content (AvgIpc) is 3.07. The van der Waals surface area contributed by atoms with E-state index in [1.807, 2.05) is 6.26 Å². The lowest BCUT2D eigenvalue weighted by atomic mass is 10.2. The van der Waals surface area contributed by atoms with Crippen LogP contribution in [0.25, 0.3) is 6.08 Å². The molecule has 1 heterocycles. The van der Waals surface area contributed by atoms with Gasteiger partial charge < -0.3 is 19.8 Å². The van der Waals surface area contributed by atoms with E-state index in [9.17, 15) is 14.4 Å². The predicted molar refractivity (Wildman–Crippen MR) is 96.9 cm³/mol. The third kappa shape index (κ3) is 8.99. The zero-order chi connectivity index (χ0) is 18.7. The lowest BCUT2D eigenvalue weighted by Gasteiger charge is -2.19. The van der Waals surface area contributed by atoms with Crippen molar-refractivity contribution in [2.75, 3.05) is 18.6 Å². The molecule has 0 fully saturated rings. The molecule has 1 aromatic rings. The molecule has 0 aliphatic carbocycles. The molecule has 0 radical (unpaired) electrons. The fraction of sp³-hybridized carbons (Fsp3) is 0.471. The summed E-state index contributed by atoms with van der Waals surface area (Å²) < 4.78 is 10.2. The zero-order valence-corrected chi connectivity index (χ0v) is 15.4. The molecule has 7 nitrogen and oxygen atoms in total. The molecule has 1 unspecified atom stereocenters. The number of thioether (sulfide) groups is 1. The molecule has 1 aromatic heterocycles. The smallest absolute Gasteiger partial charge is 0.328 e. The molecule has 2 N–H and O–H groups in total. The topological polar surface area (TPSA) is 97.6 Å². The van der Waals surface area contributed by atoms with Gasteiger partial charge in [-0.2, -0.15) is 11.8 Å². The van der Waals surface area contributed by atoms with Crippen molar-refractivity contribution in [3.05, 3.63) is 30.2 Å². The molecule has 138 valence electrons. The normalized spacial score (nSPS) is 12.2. The summed E-state index contributed by atoms with van der Waals surface area (Å²) >= 11 is 1.57. The van der Waals surface area contributed by atoms with Crippen molar-refractivity contribution >= 4 is 35.6 Å². The summed E-state index contributed by atoms with van der Waals surface area (Å²) in [4.78, 5) is 35.6. The summed E-state index contributed by atoms with van der Waals surface area (Å²) in [7, 11) is 0. The number of hydrogen-bond donors (Lipinski definition) is 2. The van der Waals surface area contributed by atoms with Crippen LogP contribution < -0.4 is 10.6 Å². The first kappa shape index (κ1) is 20.8. The van der Waals surface area contributed by atoms with Gasteiger partial charge in [0.05, 0.1) is 18.9 Å². The second-order valence-electron chi connectivity index (χ2n) is 5.45. The highest BCUT2D eigenvalue weighted by molar-refractivity contribution is 7.98. The molecular weight excluding hydrogens is 344 g/mol. The molecule has 0 aliphatic rings. The summed E-state index contributed by atoms with van der Waals surface area (Å²) in [5, 5.41) is 5.05. The Morgan fingerprint density at radius 2 is 2.12 bits per heavy atom. The van der Waals surface area contributed by atoms with Crippen LogP contribution in [0.5, 0.6) is 0 Å². The number of rotatable bonds is 10. The molecule has 0 saturated heterocycles. The molecule has 0 saturated carbocycles. The first-order valence-electron chi connectivity index (χ1n) is 7.90. The summed E-state index contributed by atoms with van der Waals surface area (Å²) in [5.74, 6) is -0.116. The van der Waals surface area contributed by atoms with E-state index >= 15 is 0 Å². The van der Waals surface area contributed by atoms with Gasteiger partial charge in [-0.1, -0.05) is 0 Å². The van der Waals surface area contributed by atoms with Gasteiger partial charge >= 0.3 is 5.97 Å². The number of carbonyl (C=O) groups is 3. The Balaban J connectivity index is 2.44. The van der Waals surface area contributed by atoms with Gasteiger partial charge in [0.25, 0.3) is 0 Å². The van der Waals surface area contributed by atoms with E-state index < -0.39 is 23.8 Å². The molecule has 1 atom stereocenters. The lowest BCUT2D eigenvalue weighted by Crippen LogP contribution is -2.46. The third-order valence-corrected chi connectivity index (χ3v) is 3.59. The van der Waals surface area contributed by atoms with E-state index in [1.54, 1.807) is 37.7 Å². The molecule has 1 rings (SSSR count). The molecular formula is C17H24N2O5S. The second kappa shape index (κ2) is 11.4. The largest absolute Gasteiger partial charge is 0.465 e. The molecule has 0 aliphatic heterocycles. The minimum atomic E-state index is -0.724. The van der Waals surface area contributed by atoms with Crippen molar-refractivity contribution in [2.45, 2.75) is 32.4 Å². The van der Waals surface area contributed by atoms with Crippen molar-refractivity contribution in [3.63, 3.8) is 0 Å². The van der Waals surface area contributed by atoms with E-state index in [2.05, 4.69) is 10.6 Å². The SMILES string of the molecule is CSCCC(NC(=O)CNC(=O)/C=C/c1ccco1)C(=O)OC(C)C. The number of hydrogen-bond acceptors (Lipinski definition) is 6. The highest BCUT2D eigenvalue weighted by Gasteiger charge is 2.22. The Kier molecular flexibility index (Phi) is 9.46. The fourth-order valence-corrected chi connectivity index (χ4v) is 2.29. The first-order chi connectivity index (χ1) is 11.9. The summed E-state index contributed by atoms with van der Waals surface area (Å²) in [6.45, 7) is 3.26. The van der Waals surface area contributed by atoms with E-state index in [0.717, 1.165) is 0 Å². The van der Waals surface area contributed by atoms with Gasteiger partial charge in [-0.05, 0) is 50.5 Å². The maximum Gasteiger partial charge on any atom is 0.328 e. The van der Waals surface area contributed by atoms with Crippen LogP contribution in [-0.4, -0.2) is 48.5 Å². The first-order valence-corrected chi connectivity index (χ1v) is 9.30. The molecule has 8 heteroatoms. The predicted octanol–water partition coefficient (Wildman–Crippen LogP) is 1.60. The Labute approximate surface area is 151 Å². The zero-order valence-electron chi connectivity index (χ0n) is 14.6. The lowest BCUT2D eigenvalue weighted by molar-refractivity contribution is -0.151. The van der Waals surface area contributed by atoms with Crippen molar-refractivity contribution in [2.24, 2.45) is 0 Å². The number of ether oxygens (including phenoxy) is 1. The summed E-state index contributed by atoms with van der Waals surface area (Å²) in [6.07, 6.45) is 6.38. The Hall–Kier alpha value is -2.22. The number of amides is 2. The van der Waals surface area contributed by atoms with Crippen molar-refractivity contribution in [1.29, 1.82) is 0 Å². The van der Waals surface area contributed by atoms with Crippen LogP contribution in [0.15, 0.2) is 28.9 Å². The number of esters is 1. The van der Waals surface area contributed by atoms with E-state index in [0.29, 0.717) is 17.9 Å². The summed E-state index contributed by atoms with van der Waals surface area (Å²) in [5.41, 5.74) is 0. The standard InChI is InChI=1S/C17H24N2O5S/c1-12(2)24-17(22)14(8-10-25-3)19-16(21)11-18-15(20)7-6-13-5-4-9-23-13/h4-7,9,12,14H,8,10-11H2,1-3H3,(H,18,20)(H,19,21)/b7-6+. The maximum atomic E-state index is 12.0. The minimum absolute atomic E-state index is 0.230.